The molecule has 0 saturated carbocycles. The summed E-state index contributed by atoms with van der Waals surface area (Å²) in [5.74, 6) is -1.39. The van der Waals surface area contributed by atoms with Crippen molar-refractivity contribution in [2.45, 2.75) is 27.9 Å². The lowest BCUT2D eigenvalue weighted by Crippen LogP contribution is -2.33. The van der Waals surface area contributed by atoms with Crippen LogP contribution in [0.3, 0.4) is 0 Å². The third kappa shape index (κ3) is 6.54. The summed E-state index contributed by atoms with van der Waals surface area (Å²) in [6.45, 7) is -0.165. The van der Waals surface area contributed by atoms with Crippen molar-refractivity contribution in [3.05, 3.63) is 54.1 Å². The molecule has 164 valence electrons. The van der Waals surface area contributed by atoms with Gasteiger partial charge in [0.2, 0.25) is 15.9 Å². The maximum Gasteiger partial charge on any atom is 0.307 e. The van der Waals surface area contributed by atoms with Crippen LogP contribution in [0.4, 0.5) is 5.69 Å². The van der Waals surface area contributed by atoms with Gasteiger partial charge in [0.15, 0.2) is 6.61 Å². The summed E-state index contributed by atoms with van der Waals surface area (Å²) >= 11 is 1.28. The number of anilines is 1. The molecule has 1 heterocycles. The molecule has 11 heteroatoms. The van der Waals surface area contributed by atoms with E-state index in [9.17, 15) is 22.8 Å². The smallest absolute Gasteiger partial charge is 0.307 e. The van der Waals surface area contributed by atoms with Crippen LogP contribution in [0.1, 0.15) is 12.0 Å². The zero-order chi connectivity index (χ0) is 22.4. The highest BCUT2D eigenvalue weighted by molar-refractivity contribution is 8.01. The minimum absolute atomic E-state index is 0.0143. The number of para-hydroxylation sites is 1. The molecule has 9 nitrogen and oxygen atoms in total. The first-order valence-electron chi connectivity index (χ1n) is 9.33. The number of sulfonamides is 1. The van der Waals surface area contributed by atoms with E-state index in [-0.39, 0.29) is 23.8 Å². The number of thioether (sulfide) groups is 1. The van der Waals surface area contributed by atoms with E-state index in [0.717, 1.165) is 10.5 Å². The number of hydrogen-bond donors (Lipinski definition) is 3. The highest BCUT2D eigenvalue weighted by Gasteiger charge is 2.29. The zero-order valence-corrected chi connectivity index (χ0v) is 18.0. The van der Waals surface area contributed by atoms with E-state index in [1.807, 2.05) is 18.2 Å². The first kappa shape index (κ1) is 22.8. The van der Waals surface area contributed by atoms with Crippen molar-refractivity contribution >= 4 is 45.3 Å². The van der Waals surface area contributed by atoms with Crippen LogP contribution in [0.25, 0.3) is 0 Å². The molecule has 2 amide bonds. The number of nitrogens with one attached hydrogen (secondary N) is 2. The Hall–Kier alpha value is -2.89. The standard InChI is InChI=1S/C20H21N3O6S2/c21-31(27,28)14-7-5-13(6-8-14)9-10-22-18(24)12-29-19(25)11-17-20(26)23-15-3-1-2-4-16(15)30-17/h1-8,17H,9-12H2,(H,22,24)(H,23,26)(H2,21,27,28). The van der Waals surface area contributed by atoms with Gasteiger partial charge in [0.1, 0.15) is 0 Å². The van der Waals surface area contributed by atoms with Gasteiger partial charge < -0.3 is 15.4 Å². The predicted molar refractivity (Wildman–Crippen MR) is 115 cm³/mol. The first-order chi connectivity index (χ1) is 14.7. The van der Waals surface area contributed by atoms with Crippen LogP contribution in [-0.4, -0.2) is 44.6 Å². The van der Waals surface area contributed by atoms with E-state index in [1.165, 1.54) is 23.9 Å². The van der Waals surface area contributed by atoms with Gasteiger partial charge in [-0.1, -0.05) is 24.3 Å². The summed E-state index contributed by atoms with van der Waals surface area (Å²) < 4.78 is 27.4. The lowest BCUT2D eigenvalue weighted by atomic mass is 10.1. The number of hydrogen-bond acceptors (Lipinski definition) is 7. The van der Waals surface area contributed by atoms with E-state index < -0.39 is 33.8 Å². The molecule has 4 N–H and O–H groups in total. The fourth-order valence-electron chi connectivity index (χ4n) is 2.83. The van der Waals surface area contributed by atoms with E-state index in [2.05, 4.69) is 10.6 Å². The maximum absolute atomic E-state index is 12.1. The van der Waals surface area contributed by atoms with E-state index in [4.69, 9.17) is 9.88 Å². The molecule has 0 spiro atoms. The normalized spacial score (nSPS) is 15.5. The molecular weight excluding hydrogens is 442 g/mol. The van der Waals surface area contributed by atoms with Crippen LogP contribution >= 0.6 is 11.8 Å². The Balaban J connectivity index is 1.38. The van der Waals surface area contributed by atoms with Gasteiger partial charge in [-0.15, -0.1) is 11.8 Å². The molecular formula is C20H21N3O6S2. The van der Waals surface area contributed by atoms with Crippen LogP contribution in [0, 0.1) is 0 Å². The number of carbonyl (C=O) groups is 3. The van der Waals surface area contributed by atoms with Crippen LogP contribution in [0.5, 0.6) is 0 Å². The quantitative estimate of drug-likeness (QED) is 0.496. The van der Waals surface area contributed by atoms with Gasteiger partial charge in [0.05, 0.1) is 22.3 Å². The molecule has 1 atom stereocenters. The molecule has 0 radical (unpaired) electrons. The largest absolute Gasteiger partial charge is 0.456 e. The summed E-state index contributed by atoms with van der Waals surface area (Å²) in [7, 11) is -3.74. The van der Waals surface area contributed by atoms with Gasteiger partial charge in [0.25, 0.3) is 5.91 Å². The molecule has 31 heavy (non-hydrogen) atoms. The number of nitrogens with two attached hydrogens (primary N) is 1. The molecule has 0 fully saturated rings. The minimum Gasteiger partial charge on any atom is -0.456 e. The minimum atomic E-state index is -3.74. The Morgan fingerprint density at radius 3 is 2.55 bits per heavy atom. The van der Waals surface area contributed by atoms with Gasteiger partial charge in [0, 0.05) is 11.4 Å². The van der Waals surface area contributed by atoms with Crippen molar-refractivity contribution in [3.8, 4) is 0 Å². The fourth-order valence-corrected chi connectivity index (χ4v) is 4.44. The Labute approximate surface area is 183 Å². The molecule has 0 aliphatic carbocycles. The number of primary sulfonamides is 1. The average molecular weight is 464 g/mol. The number of esters is 1. The molecule has 1 aliphatic rings. The van der Waals surface area contributed by atoms with Crippen molar-refractivity contribution in [2.24, 2.45) is 5.14 Å². The molecule has 0 saturated heterocycles. The topological polar surface area (TPSA) is 145 Å². The molecule has 2 aromatic carbocycles. The van der Waals surface area contributed by atoms with Crippen molar-refractivity contribution in [1.82, 2.24) is 5.32 Å². The number of benzene rings is 2. The second-order valence-corrected chi connectivity index (χ2v) is 9.55. The van der Waals surface area contributed by atoms with Gasteiger partial charge in [-0.05, 0) is 36.2 Å². The van der Waals surface area contributed by atoms with Gasteiger partial charge in [-0.25, -0.2) is 13.6 Å². The third-order valence-electron chi connectivity index (χ3n) is 4.41. The number of rotatable bonds is 8. The lowest BCUT2D eigenvalue weighted by molar-refractivity contribution is -0.149. The number of ether oxygens (including phenoxy) is 1. The highest BCUT2D eigenvalue weighted by Crippen LogP contribution is 2.36. The summed E-state index contributed by atoms with van der Waals surface area (Å²) in [5.41, 5.74) is 1.52. The molecule has 1 unspecified atom stereocenters. The van der Waals surface area contributed by atoms with E-state index >= 15 is 0 Å². The van der Waals surface area contributed by atoms with Crippen molar-refractivity contribution < 1.29 is 27.5 Å². The summed E-state index contributed by atoms with van der Waals surface area (Å²) in [5, 5.41) is 9.78. The Morgan fingerprint density at radius 2 is 1.84 bits per heavy atom. The highest BCUT2D eigenvalue weighted by atomic mass is 32.2. The van der Waals surface area contributed by atoms with Crippen LogP contribution in [-0.2, 0) is 35.6 Å². The summed E-state index contributed by atoms with van der Waals surface area (Å²) in [6.07, 6.45) is 0.317. The fraction of sp³-hybridized carbons (Fsp3) is 0.250. The van der Waals surface area contributed by atoms with Crippen LogP contribution in [0.2, 0.25) is 0 Å². The number of carbonyl (C=O) groups excluding carboxylic acids is 3. The molecule has 1 aliphatic heterocycles. The monoisotopic (exact) mass is 463 g/mol. The van der Waals surface area contributed by atoms with E-state index in [1.54, 1.807) is 18.2 Å². The SMILES string of the molecule is NS(=O)(=O)c1ccc(CCNC(=O)COC(=O)CC2Sc3ccccc3NC2=O)cc1. The molecule has 0 aromatic heterocycles. The third-order valence-corrected chi connectivity index (χ3v) is 6.62. The summed E-state index contributed by atoms with van der Waals surface area (Å²) in [6, 6.07) is 13.3. The molecule has 0 bridgehead atoms. The van der Waals surface area contributed by atoms with Gasteiger partial charge in [-0.2, -0.15) is 0 Å². The number of amides is 2. The maximum atomic E-state index is 12.1. The van der Waals surface area contributed by atoms with Crippen molar-refractivity contribution in [3.63, 3.8) is 0 Å². The Kier molecular flexibility index (Phi) is 7.31. The van der Waals surface area contributed by atoms with Crippen LogP contribution in [0.15, 0.2) is 58.3 Å². The Morgan fingerprint density at radius 1 is 1.13 bits per heavy atom. The Bertz CT molecular complexity index is 1090. The van der Waals surface area contributed by atoms with Crippen LogP contribution < -0.4 is 15.8 Å². The predicted octanol–water partition coefficient (Wildman–Crippen LogP) is 1.04. The van der Waals surface area contributed by atoms with Gasteiger partial charge in [-0.3, -0.25) is 14.4 Å². The second kappa shape index (κ2) is 9.94. The molecule has 3 rings (SSSR count). The second-order valence-electron chi connectivity index (χ2n) is 6.75. The number of fused-ring (bicyclic) bond motifs is 1. The van der Waals surface area contributed by atoms with Gasteiger partial charge >= 0.3 is 5.97 Å². The lowest BCUT2D eigenvalue weighted by Gasteiger charge is -2.23. The van der Waals surface area contributed by atoms with E-state index in [0.29, 0.717) is 12.1 Å². The first-order valence-corrected chi connectivity index (χ1v) is 11.8. The molecule has 2 aromatic rings. The van der Waals surface area contributed by atoms with Crippen molar-refractivity contribution in [1.29, 1.82) is 0 Å². The van der Waals surface area contributed by atoms with Crippen molar-refractivity contribution in [2.75, 3.05) is 18.5 Å². The average Bonchev–Trinajstić information content (AvgIpc) is 2.72. The zero-order valence-electron chi connectivity index (χ0n) is 16.4. The summed E-state index contributed by atoms with van der Waals surface area (Å²) in [4.78, 5) is 36.9.